The van der Waals surface area contributed by atoms with Crippen LogP contribution in [0.5, 0.6) is 5.88 Å². The number of guanidine groups is 1. The summed E-state index contributed by atoms with van der Waals surface area (Å²) in [5, 5.41) is 8.14. The standard InChI is InChI=1S/C16H19F3N4OS/c1-20-15(22-8-6-12-4-3-11-25-12)23-9-10-24-14-13(16(17,18)19)5-2-7-21-14/h2-5,7,11H,6,8-10H2,1H3,(H2,20,22,23). The third kappa shape index (κ3) is 6.26. The summed E-state index contributed by atoms with van der Waals surface area (Å²) in [6, 6.07) is 6.23. The van der Waals surface area contributed by atoms with Crippen molar-refractivity contribution in [2.24, 2.45) is 4.99 Å². The van der Waals surface area contributed by atoms with Crippen LogP contribution in [0.25, 0.3) is 0 Å². The van der Waals surface area contributed by atoms with Gasteiger partial charge in [0.1, 0.15) is 12.2 Å². The maximum atomic E-state index is 12.8. The van der Waals surface area contributed by atoms with Gasteiger partial charge >= 0.3 is 6.18 Å². The highest BCUT2D eigenvalue weighted by atomic mass is 32.1. The SMILES string of the molecule is CN=C(NCCOc1ncccc1C(F)(F)F)NCCc1cccs1. The highest BCUT2D eigenvalue weighted by molar-refractivity contribution is 7.09. The van der Waals surface area contributed by atoms with Crippen LogP contribution >= 0.6 is 11.3 Å². The van der Waals surface area contributed by atoms with E-state index < -0.39 is 17.6 Å². The van der Waals surface area contributed by atoms with E-state index in [-0.39, 0.29) is 6.61 Å². The van der Waals surface area contributed by atoms with E-state index in [0.29, 0.717) is 19.0 Å². The Hall–Kier alpha value is -2.29. The van der Waals surface area contributed by atoms with Crippen molar-refractivity contribution in [1.29, 1.82) is 0 Å². The molecule has 0 aliphatic rings. The maximum absolute atomic E-state index is 12.8. The van der Waals surface area contributed by atoms with Gasteiger partial charge < -0.3 is 15.4 Å². The van der Waals surface area contributed by atoms with E-state index in [0.717, 1.165) is 12.5 Å². The third-order valence-electron chi connectivity index (χ3n) is 3.18. The van der Waals surface area contributed by atoms with E-state index in [9.17, 15) is 13.2 Å². The zero-order chi connectivity index (χ0) is 18.1. The Morgan fingerprint density at radius 3 is 2.72 bits per heavy atom. The minimum atomic E-state index is -4.49. The summed E-state index contributed by atoms with van der Waals surface area (Å²) >= 11 is 1.69. The number of aliphatic imine (C=N–C) groups is 1. The molecule has 0 fully saturated rings. The van der Waals surface area contributed by atoms with Gasteiger partial charge in [-0.25, -0.2) is 4.98 Å². The highest BCUT2D eigenvalue weighted by Crippen LogP contribution is 2.34. The van der Waals surface area contributed by atoms with Gasteiger partial charge in [0.05, 0.1) is 6.54 Å². The number of hydrogen-bond donors (Lipinski definition) is 2. The van der Waals surface area contributed by atoms with Crippen LogP contribution in [0.1, 0.15) is 10.4 Å². The molecular formula is C16H19F3N4OS. The Balaban J connectivity index is 1.73. The van der Waals surface area contributed by atoms with E-state index in [1.54, 1.807) is 18.4 Å². The summed E-state index contributed by atoms with van der Waals surface area (Å²) in [4.78, 5) is 8.97. The summed E-state index contributed by atoms with van der Waals surface area (Å²) in [6.07, 6.45) is -2.35. The molecule has 5 nitrogen and oxygen atoms in total. The largest absolute Gasteiger partial charge is 0.475 e. The molecule has 0 atom stereocenters. The Morgan fingerprint density at radius 1 is 1.24 bits per heavy atom. The molecule has 0 saturated heterocycles. The summed E-state index contributed by atoms with van der Waals surface area (Å²) in [6.45, 7) is 1.04. The van der Waals surface area contributed by atoms with Crippen molar-refractivity contribution in [1.82, 2.24) is 15.6 Å². The lowest BCUT2D eigenvalue weighted by atomic mass is 10.2. The van der Waals surface area contributed by atoms with Crippen LogP contribution in [0.3, 0.4) is 0 Å². The van der Waals surface area contributed by atoms with Crippen LogP contribution in [-0.4, -0.2) is 37.7 Å². The van der Waals surface area contributed by atoms with Crippen molar-refractivity contribution < 1.29 is 17.9 Å². The molecule has 2 N–H and O–H groups in total. The van der Waals surface area contributed by atoms with Gasteiger partial charge in [-0.05, 0) is 30.0 Å². The molecule has 0 amide bonds. The zero-order valence-electron chi connectivity index (χ0n) is 13.6. The number of hydrogen-bond acceptors (Lipinski definition) is 4. The van der Waals surface area contributed by atoms with E-state index >= 15 is 0 Å². The van der Waals surface area contributed by atoms with Crippen molar-refractivity contribution >= 4 is 17.3 Å². The average Bonchev–Trinajstić information content (AvgIpc) is 3.10. The van der Waals surface area contributed by atoms with Gasteiger partial charge in [-0.1, -0.05) is 6.07 Å². The summed E-state index contributed by atoms with van der Waals surface area (Å²) in [5.74, 6) is 0.148. The summed E-state index contributed by atoms with van der Waals surface area (Å²) < 4.78 is 43.6. The second-order valence-corrected chi connectivity index (χ2v) is 5.99. The lowest BCUT2D eigenvalue weighted by molar-refractivity contribution is -0.139. The maximum Gasteiger partial charge on any atom is 0.421 e. The number of aromatic nitrogens is 1. The van der Waals surface area contributed by atoms with Gasteiger partial charge in [-0.2, -0.15) is 13.2 Å². The summed E-state index contributed by atoms with van der Waals surface area (Å²) in [7, 11) is 1.63. The van der Waals surface area contributed by atoms with E-state index in [1.807, 2.05) is 11.4 Å². The van der Waals surface area contributed by atoms with Gasteiger partial charge in [0.15, 0.2) is 5.96 Å². The number of halogens is 3. The third-order valence-corrected chi connectivity index (χ3v) is 4.11. The Kier molecular flexibility index (Phi) is 7.05. The van der Waals surface area contributed by atoms with Crippen molar-refractivity contribution in [3.8, 4) is 5.88 Å². The molecule has 2 heterocycles. The Bertz CT molecular complexity index is 674. The molecule has 0 saturated carbocycles. The smallest absolute Gasteiger partial charge is 0.421 e. The number of alkyl halides is 3. The molecule has 0 aliphatic heterocycles. The minimum Gasteiger partial charge on any atom is -0.475 e. The van der Waals surface area contributed by atoms with Crippen LogP contribution in [0.4, 0.5) is 13.2 Å². The predicted molar refractivity (Wildman–Crippen MR) is 92.1 cm³/mol. The van der Waals surface area contributed by atoms with Crippen LogP contribution < -0.4 is 15.4 Å². The number of nitrogens with one attached hydrogen (secondary N) is 2. The van der Waals surface area contributed by atoms with Crippen LogP contribution in [0.2, 0.25) is 0 Å². The van der Waals surface area contributed by atoms with E-state index in [1.165, 1.54) is 17.1 Å². The van der Waals surface area contributed by atoms with Crippen LogP contribution in [0.15, 0.2) is 40.8 Å². The lowest BCUT2D eigenvalue weighted by Crippen LogP contribution is -2.40. The summed E-state index contributed by atoms with van der Waals surface area (Å²) in [5.41, 5.74) is -0.881. The molecular weight excluding hydrogens is 353 g/mol. The monoisotopic (exact) mass is 372 g/mol. The number of nitrogens with zero attached hydrogens (tertiary/aromatic N) is 2. The molecule has 0 aromatic carbocycles. The number of thiophene rings is 1. The second-order valence-electron chi connectivity index (χ2n) is 4.96. The molecule has 0 spiro atoms. The molecule has 0 radical (unpaired) electrons. The fourth-order valence-corrected chi connectivity index (χ4v) is 2.73. The van der Waals surface area contributed by atoms with Crippen LogP contribution in [0, 0.1) is 0 Å². The molecule has 2 aromatic rings. The first kappa shape index (κ1) is 19.0. The van der Waals surface area contributed by atoms with E-state index in [4.69, 9.17) is 4.74 Å². The molecule has 2 aromatic heterocycles. The van der Waals surface area contributed by atoms with Gasteiger partial charge in [-0.3, -0.25) is 4.99 Å². The average molecular weight is 372 g/mol. The van der Waals surface area contributed by atoms with Gasteiger partial charge in [-0.15, -0.1) is 11.3 Å². The van der Waals surface area contributed by atoms with Crippen molar-refractivity contribution in [2.45, 2.75) is 12.6 Å². The molecule has 0 unspecified atom stereocenters. The molecule has 25 heavy (non-hydrogen) atoms. The van der Waals surface area contributed by atoms with Crippen molar-refractivity contribution in [3.63, 3.8) is 0 Å². The van der Waals surface area contributed by atoms with Crippen LogP contribution in [-0.2, 0) is 12.6 Å². The fraction of sp³-hybridized carbons (Fsp3) is 0.375. The molecule has 0 aliphatic carbocycles. The van der Waals surface area contributed by atoms with Gasteiger partial charge in [0.2, 0.25) is 5.88 Å². The topological polar surface area (TPSA) is 58.5 Å². The first-order chi connectivity index (χ1) is 12.0. The highest BCUT2D eigenvalue weighted by Gasteiger charge is 2.34. The molecule has 136 valence electrons. The first-order valence-electron chi connectivity index (χ1n) is 7.62. The minimum absolute atomic E-state index is 0.0335. The number of pyridine rings is 1. The van der Waals surface area contributed by atoms with Gasteiger partial charge in [0.25, 0.3) is 0 Å². The quantitative estimate of drug-likeness (QED) is 0.446. The van der Waals surface area contributed by atoms with Crippen molar-refractivity contribution in [2.75, 3.05) is 26.7 Å². The molecule has 0 bridgehead atoms. The van der Waals surface area contributed by atoms with E-state index in [2.05, 4.69) is 26.7 Å². The predicted octanol–water partition coefficient (Wildman–Crippen LogP) is 2.95. The second kappa shape index (κ2) is 9.26. The lowest BCUT2D eigenvalue weighted by Gasteiger charge is -2.14. The number of ether oxygens (including phenoxy) is 1. The Labute approximate surface area is 148 Å². The molecule has 9 heteroatoms. The first-order valence-corrected chi connectivity index (χ1v) is 8.50. The molecule has 2 rings (SSSR count). The Morgan fingerprint density at radius 2 is 2.04 bits per heavy atom. The van der Waals surface area contributed by atoms with Gasteiger partial charge in [0, 0.05) is 24.7 Å². The normalized spacial score (nSPS) is 12.1. The number of rotatable bonds is 7. The van der Waals surface area contributed by atoms with Crippen molar-refractivity contribution in [3.05, 3.63) is 46.3 Å². The zero-order valence-corrected chi connectivity index (χ0v) is 14.5. The fourth-order valence-electron chi connectivity index (χ4n) is 2.02.